The quantitative estimate of drug-likeness (QED) is 0.622. The second-order valence-electron chi connectivity index (χ2n) is 6.86. The summed E-state index contributed by atoms with van der Waals surface area (Å²) in [5.41, 5.74) is 1.42. The monoisotopic (exact) mass is 431 g/mol. The van der Waals surface area contributed by atoms with Gasteiger partial charge in [0, 0.05) is 17.4 Å². The lowest BCUT2D eigenvalue weighted by molar-refractivity contribution is -0.121. The molecule has 1 aromatic carbocycles. The Balaban J connectivity index is 1.71. The van der Waals surface area contributed by atoms with E-state index in [4.69, 9.17) is 0 Å². The predicted octanol–water partition coefficient (Wildman–Crippen LogP) is 2.57. The minimum Gasteiger partial charge on any atom is -0.354 e. The molecule has 0 saturated heterocycles. The van der Waals surface area contributed by atoms with Crippen molar-refractivity contribution in [1.29, 1.82) is 0 Å². The molecule has 0 aliphatic carbocycles. The summed E-state index contributed by atoms with van der Waals surface area (Å²) in [7, 11) is 0. The van der Waals surface area contributed by atoms with Gasteiger partial charge in [0.05, 0.1) is 19.3 Å². The van der Waals surface area contributed by atoms with Gasteiger partial charge >= 0.3 is 0 Å². The Kier molecular flexibility index (Phi) is 6.05. The Morgan fingerprint density at radius 2 is 2.00 bits per heavy atom. The molecule has 27 heavy (non-hydrogen) atoms. The van der Waals surface area contributed by atoms with Crippen LogP contribution in [0.15, 0.2) is 46.1 Å². The summed E-state index contributed by atoms with van der Waals surface area (Å²) < 4.78 is 4.21. The molecule has 2 aromatic heterocycles. The van der Waals surface area contributed by atoms with E-state index in [0.29, 0.717) is 43.0 Å². The van der Waals surface area contributed by atoms with Gasteiger partial charge in [-0.2, -0.15) is 5.10 Å². The molecular weight excluding hydrogens is 410 g/mol. The number of nitrogens with zero attached hydrogens (tertiary/aromatic N) is 4. The summed E-state index contributed by atoms with van der Waals surface area (Å²) in [6, 6.07) is 7.81. The third-order valence-corrected chi connectivity index (χ3v) is 4.66. The second kappa shape index (κ2) is 8.47. The first-order valence-corrected chi connectivity index (χ1v) is 9.65. The fourth-order valence-electron chi connectivity index (χ4n) is 2.80. The van der Waals surface area contributed by atoms with Gasteiger partial charge in [0.15, 0.2) is 5.65 Å². The third kappa shape index (κ3) is 4.82. The Morgan fingerprint density at radius 1 is 1.26 bits per heavy atom. The zero-order chi connectivity index (χ0) is 19.4. The molecule has 1 amide bonds. The highest BCUT2D eigenvalue weighted by molar-refractivity contribution is 9.10. The van der Waals surface area contributed by atoms with E-state index in [1.807, 2.05) is 38.1 Å². The van der Waals surface area contributed by atoms with E-state index in [-0.39, 0.29) is 11.5 Å². The lowest BCUT2D eigenvalue weighted by Crippen LogP contribution is -2.28. The largest absolute Gasteiger partial charge is 0.354 e. The molecule has 0 aliphatic rings. The zero-order valence-corrected chi connectivity index (χ0v) is 16.9. The number of carbonyl (C=O) groups is 1. The van der Waals surface area contributed by atoms with Crippen molar-refractivity contribution in [3.8, 4) is 0 Å². The molecule has 0 aliphatic heterocycles. The van der Waals surface area contributed by atoms with E-state index in [9.17, 15) is 9.59 Å². The summed E-state index contributed by atoms with van der Waals surface area (Å²) >= 11 is 3.40. The highest BCUT2D eigenvalue weighted by Crippen LogP contribution is 2.12. The molecule has 0 saturated carbocycles. The second-order valence-corrected chi connectivity index (χ2v) is 7.77. The topological polar surface area (TPSA) is 81.8 Å². The van der Waals surface area contributed by atoms with Crippen LogP contribution in [0, 0.1) is 5.92 Å². The van der Waals surface area contributed by atoms with Crippen LogP contribution in [0.25, 0.3) is 11.0 Å². The van der Waals surface area contributed by atoms with E-state index in [0.717, 1.165) is 10.0 Å². The Morgan fingerprint density at radius 3 is 2.70 bits per heavy atom. The molecule has 7 nitrogen and oxygen atoms in total. The van der Waals surface area contributed by atoms with Gasteiger partial charge in [-0.25, -0.2) is 9.67 Å². The first-order chi connectivity index (χ1) is 12.9. The molecule has 0 radical (unpaired) electrons. The van der Waals surface area contributed by atoms with Crippen LogP contribution in [0.3, 0.4) is 0 Å². The van der Waals surface area contributed by atoms with Gasteiger partial charge in [-0.1, -0.05) is 41.9 Å². The van der Waals surface area contributed by atoms with E-state index < -0.39 is 0 Å². The minimum atomic E-state index is -0.127. The van der Waals surface area contributed by atoms with Crippen LogP contribution >= 0.6 is 15.9 Å². The van der Waals surface area contributed by atoms with Crippen LogP contribution in [0.1, 0.15) is 25.8 Å². The number of fused-ring (bicyclic) bond motifs is 1. The smallest absolute Gasteiger partial charge is 0.264 e. The maximum absolute atomic E-state index is 12.7. The van der Waals surface area contributed by atoms with Crippen LogP contribution in [0.2, 0.25) is 0 Å². The van der Waals surface area contributed by atoms with Crippen molar-refractivity contribution in [2.45, 2.75) is 33.4 Å². The number of hydrogen-bond donors (Lipinski definition) is 1. The van der Waals surface area contributed by atoms with Crippen LogP contribution in [-0.2, 0) is 17.9 Å². The summed E-state index contributed by atoms with van der Waals surface area (Å²) in [5, 5.41) is 7.60. The highest BCUT2D eigenvalue weighted by Gasteiger charge is 2.11. The van der Waals surface area contributed by atoms with Crippen LogP contribution in [0.5, 0.6) is 0 Å². The Labute approximate surface area is 165 Å². The Bertz CT molecular complexity index is 991. The lowest BCUT2D eigenvalue weighted by atomic mass is 10.1. The number of benzene rings is 1. The highest BCUT2D eigenvalue weighted by atomic mass is 79.9. The van der Waals surface area contributed by atoms with Gasteiger partial charge in [0.2, 0.25) is 5.91 Å². The van der Waals surface area contributed by atoms with Crippen molar-refractivity contribution in [3.63, 3.8) is 0 Å². The fraction of sp³-hybridized carbons (Fsp3) is 0.368. The number of amides is 1. The molecule has 0 unspecified atom stereocenters. The average molecular weight is 432 g/mol. The van der Waals surface area contributed by atoms with Gasteiger partial charge in [-0.05, 0) is 23.6 Å². The maximum atomic E-state index is 12.7. The normalized spacial score (nSPS) is 11.3. The van der Waals surface area contributed by atoms with Crippen LogP contribution < -0.4 is 10.9 Å². The van der Waals surface area contributed by atoms with E-state index in [2.05, 4.69) is 31.3 Å². The summed E-state index contributed by atoms with van der Waals surface area (Å²) in [6.07, 6.45) is 3.58. The number of halogens is 1. The minimum absolute atomic E-state index is 0.0197. The molecule has 0 bridgehead atoms. The molecule has 1 N–H and O–H groups in total. The first kappa shape index (κ1) is 19.3. The summed E-state index contributed by atoms with van der Waals surface area (Å²) in [5.74, 6) is 0.340. The average Bonchev–Trinajstić information content (AvgIpc) is 3.02. The summed E-state index contributed by atoms with van der Waals surface area (Å²) in [4.78, 5) is 28.8. The molecule has 142 valence electrons. The van der Waals surface area contributed by atoms with Crippen molar-refractivity contribution >= 4 is 32.9 Å². The molecule has 3 aromatic rings. The number of hydrogen-bond acceptors (Lipinski definition) is 4. The van der Waals surface area contributed by atoms with E-state index in [1.54, 1.807) is 21.8 Å². The van der Waals surface area contributed by atoms with E-state index >= 15 is 0 Å². The SMILES string of the molecule is CC(C)CC(=O)NCCn1ncc2c(=O)n(Cc3ccc(Br)cc3)cnc21. The lowest BCUT2D eigenvalue weighted by Gasteiger charge is -2.08. The molecule has 0 spiro atoms. The van der Waals surface area contributed by atoms with Gasteiger partial charge in [0.25, 0.3) is 5.56 Å². The van der Waals surface area contributed by atoms with Crippen LogP contribution in [-0.4, -0.2) is 31.8 Å². The number of rotatable bonds is 7. The van der Waals surface area contributed by atoms with Crippen molar-refractivity contribution in [2.75, 3.05) is 6.54 Å². The molecule has 8 heteroatoms. The zero-order valence-electron chi connectivity index (χ0n) is 15.4. The standard InChI is InChI=1S/C19H22BrN5O2/c1-13(2)9-17(26)21-7-8-25-18-16(10-23-25)19(27)24(12-22-18)11-14-3-5-15(20)6-4-14/h3-6,10,12-13H,7-9,11H2,1-2H3,(H,21,26). The summed E-state index contributed by atoms with van der Waals surface area (Å²) in [6.45, 7) is 5.38. The van der Waals surface area contributed by atoms with Crippen molar-refractivity contribution < 1.29 is 4.79 Å². The van der Waals surface area contributed by atoms with Gasteiger partial charge < -0.3 is 5.32 Å². The van der Waals surface area contributed by atoms with Gasteiger partial charge in [0.1, 0.15) is 11.7 Å². The van der Waals surface area contributed by atoms with Crippen molar-refractivity contribution in [1.82, 2.24) is 24.6 Å². The third-order valence-electron chi connectivity index (χ3n) is 4.13. The van der Waals surface area contributed by atoms with Crippen LogP contribution in [0.4, 0.5) is 0 Å². The fourth-order valence-corrected chi connectivity index (χ4v) is 3.07. The molecule has 3 rings (SSSR count). The Hall–Kier alpha value is -2.48. The molecule has 0 fully saturated rings. The van der Waals surface area contributed by atoms with Gasteiger partial charge in [-0.15, -0.1) is 0 Å². The maximum Gasteiger partial charge on any atom is 0.264 e. The predicted molar refractivity (Wildman–Crippen MR) is 107 cm³/mol. The molecule has 2 heterocycles. The van der Waals surface area contributed by atoms with Crippen molar-refractivity contribution in [3.05, 3.63) is 57.2 Å². The van der Waals surface area contributed by atoms with E-state index in [1.165, 1.54) is 0 Å². The number of carbonyl (C=O) groups excluding carboxylic acids is 1. The molecule has 0 atom stereocenters. The van der Waals surface area contributed by atoms with Crippen molar-refractivity contribution in [2.24, 2.45) is 5.92 Å². The number of aromatic nitrogens is 4. The number of nitrogens with one attached hydrogen (secondary N) is 1. The first-order valence-electron chi connectivity index (χ1n) is 8.86. The molecular formula is C19H22BrN5O2. The van der Waals surface area contributed by atoms with Gasteiger partial charge in [-0.3, -0.25) is 14.2 Å².